The number of aromatic nitrogens is 3. The molecule has 1 amide bonds. The van der Waals surface area contributed by atoms with Crippen molar-refractivity contribution in [2.45, 2.75) is 13.0 Å². The van der Waals surface area contributed by atoms with E-state index in [1.54, 1.807) is 11.8 Å². The first-order chi connectivity index (χ1) is 8.11. The molecule has 3 N–H and O–H groups in total. The third kappa shape index (κ3) is 2.45. The van der Waals surface area contributed by atoms with E-state index >= 15 is 0 Å². The van der Waals surface area contributed by atoms with Gasteiger partial charge < -0.3 is 15.5 Å². The fraction of sp³-hybridized carbons (Fsp3) is 0.700. The van der Waals surface area contributed by atoms with Crippen molar-refractivity contribution in [1.82, 2.24) is 25.0 Å². The molecule has 2 heterocycles. The zero-order valence-electron chi connectivity index (χ0n) is 10.2. The van der Waals surface area contributed by atoms with Crippen molar-refractivity contribution < 1.29 is 4.79 Å². The molecule has 0 aliphatic carbocycles. The predicted molar refractivity (Wildman–Crippen MR) is 62.5 cm³/mol. The Morgan fingerprint density at radius 3 is 2.94 bits per heavy atom. The summed E-state index contributed by atoms with van der Waals surface area (Å²) in [6.07, 6.45) is 0. The van der Waals surface area contributed by atoms with Gasteiger partial charge in [-0.2, -0.15) is 0 Å². The Labute approximate surface area is 100.0 Å². The highest BCUT2D eigenvalue weighted by atomic mass is 16.2. The van der Waals surface area contributed by atoms with Crippen LogP contribution in [0.2, 0.25) is 0 Å². The van der Waals surface area contributed by atoms with Crippen LogP contribution in [0.3, 0.4) is 0 Å². The first-order valence-corrected chi connectivity index (χ1v) is 5.70. The number of aryl methyl sites for hydroxylation is 1. The number of nitrogens with one attached hydrogen (secondary N) is 1. The molecule has 7 nitrogen and oxygen atoms in total. The number of hydrogen-bond donors (Lipinski definition) is 2. The highest BCUT2D eigenvalue weighted by Gasteiger charge is 2.30. The molecular weight excluding hydrogens is 220 g/mol. The number of H-pyrrole nitrogens is 1. The van der Waals surface area contributed by atoms with Crippen molar-refractivity contribution in [3.05, 3.63) is 11.6 Å². The number of aromatic amines is 1. The van der Waals surface area contributed by atoms with Crippen molar-refractivity contribution in [3.63, 3.8) is 0 Å². The van der Waals surface area contributed by atoms with E-state index in [0.717, 1.165) is 13.1 Å². The van der Waals surface area contributed by atoms with Crippen molar-refractivity contribution in [3.8, 4) is 0 Å². The van der Waals surface area contributed by atoms with Crippen molar-refractivity contribution in [2.24, 2.45) is 5.73 Å². The molecule has 1 fully saturated rings. The number of carbonyl (C=O) groups is 1. The second-order valence-electron chi connectivity index (χ2n) is 4.39. The molecule has 0 aromatic carbocycles. The molecule has 1 saturated heterocycles. The molecule has 2 rings (SSSR count). The molecule has 1 aromatic heterocycles. The molecule has 0 bridgehead atoms. The number of rotatable bonds is 2. The van der Waals surface area contributed by atoms with Crippen LogP contribution in [0, 0.1) is 6.92 Å². The second kappa shape index (κ2) is 4.80. The van der Waals surface area contributed by atoms with E-state index < -0.39 is 0 Å². The number of carbonyl (C=O) groups excluding carboxylic acids is 1. The summed E-state index contributed by atoms with van der Waals surface area (Å²) in [4.78, 5) is 20.2. The van der Waals surface area contributed by atoms with Crippen LogP contribution < -0.4 is 5.73 Å². The lowest BCUT2D eigenvalue weighted by Gasteiger charge is -2.38. The summed E-state index contributed by atoms with van der Waals surface area (Å²) in [5.41, 5.74) is 5.71. The minimum absolute atomic E-state index is 0.0417. The van der Waals surface area contributed by atoms with Crippen LogP contribution in [0.25, 0.3) is 0 Å². The molecule has 0 spiro atoms. The number of amides is 1. The zero-order chi connectivity index (χ0) is 12.4. The van der Waals surface area contributed by atoms with Gasteiger partial charge in [0.1, 0.15) is 5.82 Å². The SMILES string of the molecule is Cc1nc(C(=O)N2CCN(C)CC2CN)n[nH]1. The molecule has 1 aromatic rings. The van der Waals surface area contributed by atoms with Crippen LogP contribution in [0.1, 0.15) is 16.4 Å². The number of likely N-dealkylation sites (N-methyl/N-ethyl adjacent to an activating group) is 1. The quantitative estimate of drug-likeness (QED) is 0.677. The fourth-order valence-electron chi connectivity index (χ4n) is 2.05. The molecular formula is C10H18N6O. The summed E-state index contributed by atoms with van der Waals surface area (Å²) in [7, 11) is 2.03. The largest absolute Gasteiger partial charge is 0.329 e. The van der Waals surface area contributed by atoms with Gasteiger partial charge in [0.2, 0.25) is 5.82 Å². The topological polar surface area (TPSA) is 91.1 Å². The average molecular weight is 238 g/mol. The highest BCUT2D eigenvalue weighted by molar-refractivity contribution is 5.90. The Kier molecular flexibility index (Phi) is 3.39. The van der Waals surface area contributed by atoms with E-state index in [0.29, 0.717) is 18.9 Å². The number of piperazine rings is 1. The summed E-state index contributed by atoms with van der Waals surface area (Å²) in [6.45, 7) is 4.55. The maximum atomic E-state index is 12.2. The van der Waals surface area contributed by atoms with Gasteiger partial charge in [-0.15, -0.1) is 5.10 Å². The van der Waals surface area contributed by atoms with Gasteiger partial charge in [0.25, 0.3) is 5.91 Å². The minimum atomic E-state index is -0.141. The van der Waals surface area contributed by atoms with E-state index in [1.807, 2.05) is 7.05 Å². The summed E-state index contributed by atoms with van der Waals surface area (Å²) in [6, 6.07) is 0.0417. The van der Waals surface area contributed by atoms with E-state index in [9.17, 15) is 4.79 Å². The fourth-order valence-corrected chi connectivity index (χ4v) is 2.05. The lowest BCUT2D eigenvalue weighted by atomic mass is 10.1. The van der Waals surface area contributed by atoms with Crippen LogP contribution in [-0.2, 0) is 0 Å². The molecule has 1 unspecified atom stereocenters. The Morgan fingerprint density at radius 1 is 1.59 bits per heavy atom. The van der Waals surface area contributed by atoms with Gasteiger partial charge in [-0.3, -0.25) is 9.89 Å². The molecule has 1 aliphatic rings. The van der Waals surface area contributed by atoms with Gasteiger partial charge in [0.15, 0.2) is 0 Å². The molecule has 17 heavy (non-hydrogen) atoms. The normalized spacial score (nSPS) is 21.8. The number of nitrogens with two attached hydrogens (primary N) is 1. The molecule has 0 radical (unpaired) electrons. The third-order valence-electron chi connectivity index (χ3n) is 3.01. The summed E-state index contributed by atoms with van der Waals surface area (Å²) in [5.74, 6) is 0.732. The van der Waals surface area contributed by atoms with Crippen molar-refractivity contribution in [2.75, 3.05) is 33.2 Å². The first kappa shape index (κ1) is 12.0. The lowest BCUT2D eigenvalue weighted by Crippen LogP contribution is -2.56. The smallest absolute Gasteiger partial charge is 0.293 e. The van der Waals surface area contributed by atoms with E-state index in [1.165, 1.54) is 0 Å². The average Bonchev–Trinajstić information content (AvgIpc) is 2.75. The van der Waals surface area contributed by atoms with Gasteiger partial charge in [-0.1, -0.05) is 0 Å². The number of hydrogen-bond acceptors (Lipinski definition) is 5. The van der Waals surface area contributed by atoms with E-state index in [2.05, 4.69) is 20.1 Å². The van der Waals surface area contributed by atoms with Gasteiger partial charge in [-0.25, -0.2) is 4.98 Å². The second-order valence-corrected chi connectivity index (χ2v) is 4.39. The Balaban J connectivity index is 2.13. The van der Waals surface area contributed by atoms with Crippen LogP contribution in [-0.4, -0.2) is 70.2 Å². The summed E-state index contributed by atoms with van der Waals surface area (Å²) >= 11 is 0. The van der Waals surface area contributed by atoms with Crippen molar-refractivity contribution >= 4 is 5.91 Å². The molecule has 94 valence electrons. The molecule has 1 atom stereocenters. The Morgan fingerprint density at radius 2 is 2.35 bits per heavy atom. The van der Waals surface area contributed by atoms with Gasteiger partial charge in [0, 0.05) is 26.2 Å². The summed E-state index contributed by atoms with van der Waals surface area (Å²) < 4.78 is 0. The minimum Gasteiger partial charge on any atom is -0.329 e. The van der Waals surface area contributed by atoms with E-state index in [4.69, 9.17) is 5.73 Å². The van der Waals surface area contributed by atoms with Crippen LogP contribution in [0.5, 0.6) is 0 Å². The highest BCUT2D eigenvalue weighted by Crippen LogP contribution is 2.10. The van der Waals surface area contributed by atoms with Gasteiger partial charge in [0.05, 0.1) is 6.04 Å². The maximum Gasteiger partial charge on any atom is 0.293 e. The summed E-state index contributed by atoms with van der Waals surface area (Å²) in [5, 5.41) is 6.58. The van der Waals surface area contributed by atoms with Crippen LogP contribution >= 0.6 is 0 Å². The Hall–Kier alpha value is -1.47. The maximum absolute atomic E-state index is 12.2. The zero-order valence-corrected chi connectivity index (χ0v) is 10.2. The van der Waals surface area contributed by atoms with Crippen molar-refractivity contribution in [1.29, 1.82) is 0 Å². The predicted octanol–water partition coefficient (Wildman–Crippen LogP) is -1.17. The van der Waals surface area contributed by atoms with Gasteiger partial charge >= 0.3 is 0 Å². The third-order valence-corrected chi connectivity index (χ3v) is 3.01. The number of nitrogens with zero attached hydrogens (tertiary/aromatic N) is 4. The van der Waals surface area contributed by atoms with Gasteiger partial charge in [-0.05, 0) is 14.0 Å². The Bertz CT molecular complexity index is 403. The molecule has 1 aliphatic heterocycles. The van der Waals surface area contributed by atoms with Crippen LogP contribution in [0.15, 0.2) is 0 Å². The standard InChI is InChI=1S/C10H18N6O/c1-7-12-9(14-13-7)10(17)16-4-3-15(2)6-8(16)5-11/h8H,3-6,11H2,1-2H3,(H,12,13,14). The van der Waals surface area contributed by atoms with E-state index in [-0.39, 0.29) is 17.8 Å². The molecule has 0 saturated carbocycles. The lowest BCUT2D eigenvalue weighted by molar-refractivity contribution is 0.0504. The first-order valence-electron chi connectivity index (χ1n) is 5.70. The molecule has 7 heteroatoms. The monoisotopic (exact) mass is 238 g/mol. The van der Waals surface area contributed by atoms with Crippen LogP contribution in [0.4, 0.5) is 0 Å².